The Labute approximate surface area is 128 Å². The number of hydrogen-bond acceptors (Lipinski definition) is 2. The third kappa shape index (κ3) is 6.30. The summed E-state index contributed by atoms with van der Waals surface area (Å²) in [6.45, 7) is 3.73. The molecule has 116 valence electrons. The van der Waals surface area contributed by atoms with Crippen molar-refractivity contribution in [3.63, 3.8) is 0 Å². The molecule has 1 saturated heterocycles. The lowest BCUT2D eigenvalue weighted by atomic mass is 10.1. The molecule has 1 heterocycles. The van der Waals surface area contributed by atoms with E-state index in [1.54, 1.807) is 0 Å². The Kier molecular flexibility index (Phi) is 7.30. The molecule has 3 heteroatoms. The van der Waals surface area contributed by atoms with Gasteiger partial charge in [-0.05, 0) is 37.8 Å². The van der Waals surface area contributed by atoms with Crippen LogP contribution in [0.3, 0.4) is 0 Å². The van der Waals surface area contributed by atoms with Gasteiger partial charge >= 0.3 is 0 Å². The van der Waals surface area contributed by atoms with Crippen molar-refractivity contribution in [1.82, 2.24) is 10.2 Å². The van der Waals surface area contributed by atoms with Gasteiger partial charge in [0.2, 0.25) is 5.91 Å². The highest BCUT2D eigenvalue weighted by Gasteiger charge is 2.14. The number of rotatable bonds is 7. The molecule has 0 bridgehead atoms. The molecular formula is C18H28N2O. The van der Waals surface area contributed by atoms with E-state index in [1.165, 1.54) is 31.2 Å². The molecule has 0 unspecified atom stereocenters. The average molecular weight is 288 g/mol. The normalized spacial score (nSPS) is 15.7. The minimum absolute atomic E-state index is 0.326. The molecule has 0 aromatic heterocycles. The first kappa shape index (κ1) is 16.0. The minimum Gasteiger partial charge on any atom is -0.343 e. The second-order valence-corrected chi connectivity index (χ2v) is 5.88. The van der Waals surface area contributed by atoms with E-state index in [0.29, 0.717) is 12.3 Å². The van der Waals surface area contributed by atoms with Crippen LogP contribution in [0.4, 0.5) is 0 Å². The molecule has 0 radical (unpaired) electrons. The number of aryl methyl sites for hydroxylation is 1. The lowest BCUT2D eigenvalue weighted by Crippen LogP contribution is -2.34. The molecule has 0 saturated carbocycles. The topological polar surface area (TPSA) is 32.3 Å². The predicted molar refractivity (Wildman–Crippen MR) is 87.3 cm³/mol. The first-order chi connectivity index (χ1) is 10.4. The number of nitrogens with zero attached hydrogens (tertiary/aromatic N) is 1. The van der Waals surface area contributed by atoms with E-state index in [9.17, 15) is 4.79 Å². The van der Waals surface area contributed by atoms with E-state index in [2.05, 4.69) is 40.5 Å². The smallest absolute Gasteiger partial charge is 0.223 e. The van der Waals surface area contributed by atoms with Gasteiger partial charge in [-0.25, -0.2) is 0 Å². The number of hydrogen-bond donors (Lipinski definition) is 1. The summed E-state index contributed by atoms with van der Waals surface area (Å²) in [5.74, 6) is 0.326. The molecule has 1 N–H and O–H groups in total. The maximum Gasteiger partial charge on any atom is 0.223 e. The molecule has 1 aromatic rings. The summed E-state index contributed by atoms with van der Waals surface area (Å²) in [5.41, 5.74) is 1.39. The van der Waals surface area contributed by atoms with Crippen LogP contribution in [-0.2, 0) is 11.2 Å². The van der Waals surface area contributed by atoms with Gasteiger partial charge in [-0.1, -0.05) is 43.2 Å². The van der Waals surface area contributed by atoms with Gasteiger partial charge in [0, 0.05) is 26.1 Å². The Balaban J connectivity index is 1.52. The van der Waals surface area contributed by atoms with Crippen molar-refractivity contribution < 1.29 is 4.79 Å². The standard InChI is InChI=1S/C18H28N2O/c21-18(20-15-6-1-2-7-16-20)12-14-19-13-8-11-17-9-4-3-5-10-17/h3-5,9-10,19H,1-2,6-8,11-16H2. The Morgan fingerprint density at radius 3 is 2.43 bits per heavy atom. The molecule has 1 amide bonds. The van der Waals surface area contributed by atoms with Crippen molar-refractivity contribution in [3.05, 3.63) is 35.9 Å². The van der Waals surface area contributed by atoms with Gasteiger partial charge in [0.15, 0.2) is 0 Å². The Bertz CT molecular complexity index is 397. The van der Waals surface area contributed by atoms with E-state index in [0.717, 1.165) is 39.0 Å². The second-order valence-electron chi connectivity index (χ2n) is 5.88. The van der Waals surface area contributed by atoms with Gasteiger partial charge < -0.3 is 10.2 Å². The first-order valence-electron chi connectivity index (χ1n) is 8.39. The summed E-state index contributed by atoms with van der Waals surface area (Å²) >= 11 is 0. The third-order valence-electron chi connectivity index (χ3n) is 4.14. The number of likely N-dealkylation sites (tertiary alicyclic amines) is 1. The summed E-state index contributed by atoms with van der Waals surface area (Å²) < 4.78 is 0. The fourth-order valence-corrected chi connectivity index (χ4v) is 2.86. The number of carbonyl (C=O) groups excluding carboxylic acids is 1. The lowest BCUT2D eigenvalue weighted by molar-refractivity contribution is -0.131. The SMILES string of the molecule is O=C(CCNCCCc1ccccc1)N1CCCCCC1. The Morgan fingerprint density at radius 2 is 1.71 bits per heavy atom. The van der Waals surface area contributed by atoms with E-state index >= 15 is 0 Å². The zero-order valence-electron chi connectivity index (χ0n) is 13.0. The molecule has 21 heavy (non-hydrogen) atoms. The van der Waals surface area contributed by atoms with E-state index in [1.807, 2.05) is 0 Å². The lowest BCUT2D eigenvalue weighted by Gasteiger charge is -2.20. The van der Waals surface area contributed by atoms with Crippen LogP contribution in [0.25, 0.3) is 0 Å². The predicted octanol–water partition coefficient (Wildman–Crippen LogP) is 3.00. The Hall–Kier alpha value is -1.35. The van der Waals surface area contributed by atoms with Gasteiger partial charge in [0.05, 0.1) is 0 Å². The van der Waals surface area contributed by atoms with Crippen molar-refractivity contribution in [2.24, 2.45) is 0 Å². The molecule has 0 atom stereocenters. The maximum atomic E-state index is 12.1. The van der Waals surface area contributed by atoms with Crippen LogP contribution in [0, 0.1) is 0 Å². The second kappa shape index (κ2) is 9.56. The van der Waals surface area contributed by atoms with Crippen molar-refractivity contribution >= 4 is 5.91 Å². The molecule has 3 nitrogen and oxygen atoms in total. The van der Waals surface area contributed by atoms with Gasteiger partial charge in [-0.3, -0.25) is 4.79 Å². The maximum absolute atomic E-state index is 12.1. The zero-order chi connectivity index (χ0) is 14.8. The van der Waals surface area contributed by atoms with Crippen LogP contribution in [0.2, 0.25) is 0 Å². The molecule has 1 aliphatic rings. The van der Waals surface area contributed by atoms with Crippen molar-refractivity contribution in [2.75, 3.05) is 26.2 Å². The summed E-state index contributed by atoms with van der Waals surface area (Å²) in [5, 5.41) is 3.39. The number of benzene rings is 1. The quantitative estimate of drug-likeness (QED) is 0.782. The number of nitrogens with one attached hydrogen (secondary N) is 1. The molecule has 0 aliphatic carbocycles. The fraction of sp³-hybridized carbons (Fsp3) is 0.611. The largest absolute Gasteiger partial charge is 0.343 e. The fourth-order valence-electron chi connectivity index (χ4n) is 2.86. The highest BCUT2D eigenvalue weighted by atomic mass is 16.2. The first-order valence-corrected chi connectivity index (χ1v) is 8.39. The summed E-state index contributed by atoms with van der Waals surface area (Å²) in [6, 6.07) is 10.6. The average Bonchev–Trinajstić information content (AvgIpc) is 2.81. The number of amides is 1. The molecular weight excluding hydrogens is 260 g/mol. The van der Waals surface area contributed by atoms with Crippen molar-refractivity contribution in [2.45, 2.75) is 44.9 Å². The van der Waals surface area contributed by atoms with E-state index in [4.69, 9.17) is 0 Å². The third-order valence-corrected chi connectivity index (χ3v) is 4.14. The van der Waals surface area contributed by atoms with Crippen molar-refractivity contribution in [3.8, 4) is 0 Å². The molecule has 1 fully saturated rings. The van der Waals surface area contributed by atoms with E-state index < -0.39 is 0 Å². The van der Waals surface area contributed by atoms with Crippen LogP contribution < -0.4 is 5.32 Å². The van der Waals surface area contributed by atoms with Crippen LogP contribution in [0.15, 0.2) is 30.3 Å². The van der Waals surface area contributed by atoms with Gasteiger partial charge in [-0.2, -0.15) is 0 Å². The molecule has 2 rings (SSSR count). The Morgan fingerprint density at radius 1 is 1.00 bits per heavy atom. The highest BCUT2D eigenvalue weighted by Crippen LogP contribution is 2.10. The van der Waals surface area contributed by atoms with Gasteiger partial charge in [-0.15, -0.1) is 0 Å². The summed E-state index contributed by atoms with van der Waals surface area (Å²) in [7, 11) is 0. The molecule has 1 aromatic carbocycles. The van der Waals surface area contributed by atoms with Crippen LogP contribution in [0.5, 0.6) is 0 Å². The van der Waals surface area contributed by atoms with Crippen molar-refractivity contribution in [1.29, 1.82) is 0 Å². The summed E-state index contributed by atoms with van der Waals surface area (Å²) in [4.78, 5) is 14.1. The van der Waals surface area contributed by atoms with Gasteiger partial charge in [0.25, 0.3) is 0 Å². The van der Waals surface area contributed by atoms with Crippen LogP contribution in [0.1, 0.15) is 44.1 Å². The summed E-state index contributed by atoms with van der Waals surface area (Å²) in [6.07, 6.45) is 7.79. The molecule has 0 spiro atoms. The number of carbonyl (C=O) groups is 1. The monoisotopic (exact) mass is 288 g/mol. The zero-order valence-corrected chi connectivity index (χ0v) is 13.0. The minimum atomic E-state index is 0.326. The van der Waals surface area contributed by atoms with Crippen LogP contribution in [-0.4, -0.2) is 37.0 Å². The van der Waals surface area contributed by atoms with Gasteiger partial charge in [0.1, 0.15) is 0 Å². The highest BCUT2D eigenvalue weighted by molar-refractivity contribution is 5.76. The molecule has 1 aliphatic heterocycles. The van der Waals surface area contributed by atoms with Crippen LogP contribution >= 0.6 is 0 Å². The van der Waals surface area contributed by atoms with E-state index in [-0.39, 0.29) is 0 Å².